The third-order valence-electron chi connectivity index (χ3n) is 8.20. The Hall–Kier alpha value is -4.15. The molecule has 2 saturated heterocycles. The SMILES string of the molecule is Cc1ccc(C(=O)N2CCC(c3ccc(C#N)cc3)CC2)cc1NC(=O)NC1CCN(Cc2ccccc2)CC1. The van der Waals surface area contributed by atoms with E-state index in [0.717, 1.165) is 50.9 Å². The van der Waals surface area contributed by atoms with Gasteiger partial charge in [0, 0.05) is 50.0 Å². The second-order valence-corrected chi connectivity index (χ2v) is 11.0. The molecule has 3 aromatic carbocycles. The highest BCUT2D eigenvalue weighted by Crippen LogP contribution is 2.29. The van der Waals surface area contributed by atoms with Gasteiger partial charge in [0.15, 0.2) is 0 Å². The van der Waals surface area contributed by atoms with Gasteiger partial charge in [-0.05, 0) is 79.5 Å². The molecule has 2 aliphatic heterocycles. The topological polar surface area (TPSA) is 88.5 Å². The first-order chi connectivity index (χ1) is 19.5. The third-order valence-corrected chi connectivity index (χ3v) is 8.20. The molecule has 40 heavy (non-hydrogen) atoms. The van der Waals surface area contributed by atoms with Crippen LogP contribution in [0.25, 0.3) is 0 Å². The predicted molar refractivity (Wildman–Crippen MR) is 157 cm³/mol. The van der Waals surface area contributed by atoms with Crippen molar-refractivity contribution in [2.45, 2.75) is 51.1 Å². The second kappa shape index (κ2) is 12.8. The molecule has 0 saturated carbocycles. The number of hydrogen-bond donors (Lipinski definition) is 2. The minimum atomic E-state index is -0.225. The maximum absolute atomic E-state index is 13.3. The van der Waals surface area contributed by atoms with Crippen LogP contribution in [0.15, 0.2) is 72.8 Å². The minimum absolute atomic E-state index is 0.00692. The minimum Gasteiger partial charge on any atom is -0.339 e. The van der Waals surface area contributed by atoms with Crippen molar-refractivity contribution in [3.8, 4) is 6.07 Å². The summed E-state index contributed by atoms with van der Waals surface area (Å²) >= 11 is 0. The van der Waals surface area contributed by atoms with E-state index >= 15 is 0 Å². The first-order valence-electron chi connectivity index (χ1n) is 14.2. The fourth-order valence-electron chi connectivity index (χ4n) is 5.74. The van der Waals surface area contributed by atoms with Crippen LogP contribution in [0, 0.1) is 18.3 Å². The number of anilines is 1. The molecular weight excluding hydrogens is 498 g/mol. The number of hydrogen-bond acceptors (Lipinski definition) is 4. The molecule has 5 rings (SSSR count). The number of amides is 3. The summed E-state index contributed by atoms with van der Waals surface area (Å²) < 4.78 is 0. The number of nitriles is 1. The van der Waals surface area contributed by atoms with E-state index in [1.807, 2.05) is 54.3 Å². The predicted octanol–water partition coefficient (Wildman–Crippen LogP) is 5.67. The van der Waals surface area contributed by atoms with Gasteiger partial charge in [0.05, 0.1) is 11.6 Å². The highest BCUT2D eigenvalue weighted by molar-refractivity contribution is 5.97. The summed E-state index contributed by atoms with van der Waals surface area (Å²) in [6.07, 6.45) is 3.61. The Labute approximate surface area is 236 Å². The van der Waals surface area contributed by atoms with Crippen molar-refractivity contribution in [3.63, 3.8) is 0 Å². The molecular formula is C33H37N5O2. The molecule has 7 heteroatoms. The zero-order chi connectivity index (χ0) is 27.9. The lowest BCUT2D eigenvalue weighted by Gasteiger charge is -2.32. The molecule has 0 atom stereocenters. The lowest BCUT2D eigenvalue weighted by atomic mass is 9.89. The van der Waals surface area contributed by atoms with Gasteiger partial charge in [0.25, 0.3) is 5.91 Å². The number of nitrogens with one attached hydrogen (secondary N) is 2. The number of rotatable bonds is 6. The Morgan fingerprint density at radius 3 is 2.27 bits per heavy atom. The van der Waals surface area contributed by atoms with Gasteiger partial charge in [-0.25, -0.2) is 4.79 Å². The van der Waals surface area contributed by atoms with Crippen LogP contribution in [-0.2, 0) is 6.54 Å². The summed E-state index contributed by atoms with van der Waals surface area (Å²) in [6.45, 7) is 6.14. The van der Waals surface area contributed by atoms with E-state index in [0.29, 0.717) is 35.8 Å². The average Bonchev–Trinajstić information content (AvgIpc) is 2.99. The van der Waals surface area contributed by atoms with Gasteiger partial charge in [0.1, 0.15) is 0 Å². The summed E-state index contributed by atoms with van der Waals surface area (Å²) in [6, 6.07) is 25.9. The molecule has 3 amide bonds. The Kier molecular flexibility index (Phi) is 8.78. The Morgan fingerprint density at radius 2 is 1.60 bits per heavy atom. The maximum Gasteiger partial charge on any atom is 0.319 e. The van der Waals surface area contributed by atoms with Crippen molar-refractivity contribution >= 4 is 17.6 Å². The molecule has 2 heterocycles. The highest BCUT2D eigenvalue weighted by Gasteiger charge is 2.25. The quantitative estimate of drug-likeness (QED) is 0.426. The molecule has 2 aliphatic rings. The van der Waals surface area contributed by atoms with Crippen LogP contribution < -0.4 is 10.6 Å². The van der Waals surface area contributed by atoms with Gasteiger partial charge in [-0.15, -0.1) is 0 Å². The number of likely N-dealkylation sites (tertiary alicyclic amines) is 2. The molecule has 7 nitrogen and oxygen atoms in total. The number of aryl methyl sites for hydroxylation is 1. The number of nitrogens with zero attached hydrogens (tertiary/aromatic N) is 3. The van der Waals surface area contributed by atoms with Crippen molar-refractivity contribution in [3.05, 3.63) is 101 Å². The first-order valence-corrected chi connectivity index (χ1v) is 14.2. The van der Waals surface area contributed by atoms with Gasteiger partial charge < -0.3 is 15.5 Å². The monoisotopic (exact) mass is 535 g/mol. The van der Waals surface area contributed by atoms with E-state index in [2.05, 4.69) is 45.9 Å². The van der Waals surface area contributed by atoms with Crippen LogP contribution in [0.3, 0.4) is 0 Å². The van der Waals surface area contributed by atoms with Gasteiger partial charge in [-0.3, -0.25) is 9.69 Å². The van der Waals surface area contributed by atoms with Crippen molar-refractivity contribution in [2.75, 3.05) is 31.5 Å². The molecule has 0 radical (unpaired) electrons. The fourth-order valence-corrected chi connectivity index (χ4v) is 5.74. The average molecular weight is 536 g/mol. The van der Waals surface area contributed by atoms with E-state index in [1.54, 1.807) is 6.07 Å². The third kappa shape index (κ3) is 6.88. The standard InChI is InChI=1S/C33H37N5O2/c1-24-7-10-29(32(39)38-19-13-28(14-20-38)27-11-8-25(22-34)9-12-27)21-31(24)36-33(40)35-30-15-17-37(18-16-30)23-26-5-3-2-4-6-26/h2-12,21,28,30H,13-20,23H2,1H3,(H2,35,36,40). The summed E-state index contributed by atoms with van der Waals surface area (Å²) in [7, 11) is 0. The Morgan fingerprint density at radius 1 is 0.900 bits per heavy atom. The lowest BCUT2D eigenvalue weighted by Crippen LogP contribution is -2.45. The van der Waals surface area contributed by atoms with Gasteiger partial charge in [-0.2, -0.15) is 5.26 Å². The van der Waals surface area contributed by atoms with Crippen LogP contribution in [-0.4, -0.2) is 54.0 Å². The number of carbonyl (C=O) groups is 2. The van der Waals surface area contributed by atoms with Gasteiger partial charge in [0.2, 0.25) is 0 Å². The van der Waals surface area contributed by atoms with E-state index < -0.39 is 0 Å². The largest absolute Gasteiger partial charge is 0.339 e. The van der Waals surface area contributed by atoms with Crippen molar-refractivity contribution in [1.82, 2.24) is 15.1 Å². The molecule has 0 bridgehead atoms. The van der Waals surface area contributed by atoms with Crippen molar-refractivity contribution in [1.29, 1.82) is 5.26 Å². The summed E-state index contributed by atoms with van der Waals surface area (Å²) in [4.78, 5) is 30.5. The molecule has 3 aromatic rings. The van der Waals surface area contributed by atoms with E-state index in [1.165, 1.54) is 11.1 Å². The molecule has 2 N–H and O–H groups in total. The summed E-state index contributed by atoms with van der Waals surface area (Å²) in [5.74, 6) is 0.383. The molecule has 0 spiro atoms. The lowest BCUT2D eigenvalue weighted by molar-refractivity contribution is 0.0713. The van der Waals surface area contributed by atoms with E-state index in [-0.39, 0.29) is 18.0 Å². The fraction of sp³-hybridized carbons (Fsp3) is 0.364. The molecule has 0 aromatic heterocycles. The zero-order valence-corrected chi connectivity index (χ0v) is 23.1. The summed E-state index contributed by atoms with van der Waals surface area (Å²) in [5, 5.41) is 15.1. The van der Waals surface area contributed by atoms with Crippen LogP contribution in [0.5, 0.6) is 0 Å². The smallest absolute Gasteiger partial charge is 0.319 e. The summed E-state index contributed by atoms with van der Waals surface area (Å²) in [5.41, 5.74) is 5.37. The van der Waals surface area contributed by atoms with E-state index in [9.17, 15) is 9.59 Å². The Balaban J connectivity index is 1.11. The number of piperidine rings is 2. The first kappa shape index (κ1) is 27.4. The molecule has 2 fully saturated rings. The second-order valence-electron chi connectivity index (χ2n) is 11.0. The zero-order valence-electron chi connectivity index (χ0n) is 23.1. The van der Waals surface area contributed by atoms with Gasteiger partial charge >= 0.3 is 6.03 Å². The molecule has 0 aliphatic carbocycles. The number of urea groups is 1. The van der Waals surface area contributed by atoms with Crippen LogP contribution in [0.2, 0.25) is 0 Å². The molecule has 206 valence electrons. The highest BCUT2D eigenvalue weighted by atomic mass is 16.2. The van der Waals surface area contributed by atoms with Crippen LogP contribution in [0.4, 0.5) is 10.5 Å². The van der Waals surface area contributed by atoms with Crippen molar-refractivity contribution < 1.29 is 9.59 Å². The normalized spacial score (nSPS) is 16.8. The maximum atomic E-state index is 13.3. The van der Waals surface area contributed by atoms with Crippen LogP contribution in [0.1, 0.15) is 64.2 Å². The van der Waals surface area contributed by atoms with E-state index in [4.69, 9.17) is 5.26 Å². The van der Waals surface area contributed by atoms with Crippen LogP contribution >= 0.6 is 0 Å². The van der Waals surface area contributed by atoms with Gasteiger partial charge in [-0.1, -0.05) is 48.5 Å². The van der Waals surface area contributed by atoms with Crippen molar-refractivity contribution in [2.24, 2.45) is 0 Å². The number of carbonyl (C=O) groups excluding carboxylic acids is 2. The number of benzene rings is 3. The Bertz CT molecular complexity index is 1350. The molecule has 0 unspecified atom stereocenters.